The van der Waals surface area contributed by atoms with Crippen molar-refractivity contribution in [3.05, 3.63) is 42.2 Å². The number of carbonyl (C=O) groups is 1. The number of alkyl halides is 2. The first kappa shape index (κ1) is 23.0. The van der Waals surface area contributed by atoms with Gasteiger partial charge in [0.2, 0.25) is 0 Å². The number of nitrogens with one attached hydrogen (secondary N) is 2. The van der Waals surface area contributed by atoms with Crippen molar-refractivity contribution < 1.29 is 27.8 Å². The van der Waals surface area contributed by atoms with Gasteiger partial charge in [0.05, 0.1) is 19.0 Å². The van der Waals surface area contributed by atoms with Crippen LogP contribution in [0.4, 0.5) is 8.78 Å². The zero-order valence-electron chi connectivity index (χ0n) is 19.9. The van der Waals surface area contributed by atoms with E-state index in [1.165, 1.54) is 26.0 Å². The van der Waals surface area contributed by atoms with Crippen molar-refractivity contribution in [2.45, 2.75) is 69.4 Å². The lowest BCUT2D eigenvalue weighted by atomic mass is 10.0. The van der Waals surface area contributed by atoms with Crippen molar-refractivity contribution in [1.29, 1.82) is 0 Å². The molecule has 190 valence electrons. The number of benzene rings is 1. The molecule has 2 bridgehead atoms. The number of imidazole rings is 1. The van der Waals surface area contributed by atoms with Crippen LogP contribution >= 0.6 is 0 Å². The molecule has 4 heterocycles. The Hall–Kier alpha value is -3.40. The maximum absolute atomic E-state index is 13.3. The van der Waals surface area contributed by atoms with Crippen molar-refractivity contribution in [2.75, 3.05) is 7.11 Å². The third-order valence-corrected chi connectivity index (χ3v) is 7.15. The number of halogens is 2. The second kappa shape index (κ2) is 9.24. The monoisotopic (exact) mass is 498 g/mol. The molecule has 1 saturated carbocycles. The molecule has 0 radical (unpaired) electrons. The number of aromatic nitrogens is 2. The molecule has 0 spiro atoms. The Balaban J connectivity index is 1.31. The molecular weight excluding hydrogens is 470 g/mol. The molecule has 3 fully saturated rings. The Kier molecular flexibility index (Phi) is 5.91. The van der Waals surface area contributed by atoms with Crippen LogP contribution in [0.25, 0.3) is 16.9 Å². The van der Waals surface area contributed by atoms with Gasteiger partial charge in [-0.05, 0) is 56.7 Å². The minimum absolute atomic E-state index is 0.0473. The Bertz CT molecular complexity index is 1280. The van der Waals surface area contributed by atoms with E-state index in [9.17, 15) is 13.6 Å². The maximum Gasteiger partial charge on any atom is 0.387 e. The van der Waals surface area contributed by atoms with Crippen LogP contribution in [0.2, 0.25) is 0 Å². The zero-order chi connectivity index (χ0) is 24.8. The average molecular weight is 499 g/mol. The van der Waals surface area contributed by atoms with E-state index in [2.05, 4.69) is 15.6 Å². The molecule has 3 aromatic rings. The number of amides is 1. The summed E-state index contributed by atoms with van der Waals surface area (Å²) in [4.78, 5) is 17.3. The minimum atomic E-state index is -3.09. The van der Waals surface area contributed by atoms with Gasteiger partial charge in [-0.25, -0.2) is 4.98 Å². The largest absolute Gasteiger partial charge is 0.496 e. The van der Waals surface area contributed by atoms with Gasteiger partial charge in [-0.2, -0.15) is 8.78 Å². The van der Waals surface area contributed by atoms with Crippen LogP contribution in [0.15, 0.2) is 36.7 Å². The summed E-state index contributed by atoms with van der Waals surface area (Å²) in [6, 6.07) is 7.94. The van der Waals surface area contributed by atoms with E-state index >= 15 is 0 Å². The topological polar surface area (TPSA) is 86.1 Å². The van der Waals surface area contributed by atoms with E-state index in [1.807, 2.05) is 22.7 Å². The summed E-state index contributed by atoms with van der Waals surface area (Å²) in [5, 5.41) is 6.43. The summed E-state index contributed by atoms with van der Waals surface area (Å²) in [6.45, 7) is -3.09. The Labute approximate surface area is 206 Å². The van der Waals surface area contributed by atoms with Gasteiger partial charge in [0, 0.05) is 36.0 Å². The fourth-order valence-corrected chi connectivity index (χ4v) is 5.34. The highest BCUT2D eigenvalue weighted by atomic mass is 19.3. The van der Waals surface area contributed by atoms with Gasteiger partial charge in [-0.15, -0.1) is 0 Å². The van der Waals surface area contributed by atoms with Gasteiger partial charge >= 0.3 is 6.61 Å². The van der Waals surface area contributed by atoms with Crippen molar-refractivity contribution in [3.63, 3.8) is 0 Å². The number of rotatable bonds is 8. The third kappa shape index (κ3) is 4.57. The normalized spacial score (nSPS) is 23.2. The predicted octanol–water partition coefficient (Wildman–Crippen LogP) is 4.17. The lowest BCUT2D eigenvalue weighted by Gasteiger charge is -2.29. The standard InChI is InChI=1S/C26H28F2N4O4/c1-34-21-8-14(9-22(36-26(27)28)24(21)25(33)31-15-2-3-15)20-13-29-23-12-18(6-7-32(20)23)35-19-10-16-4-5-17(11-19)30-16/h6-9,12-13,15-17,19,26,30H,2-5,10-11H2,1H3,(H,31,33)/t16-,17+,19-. The van der Waals surface area contributed by atoms with E-state index in [0.717, 1.165) is 31.4 Å². The molecule has 1 aliphatic carbocycles. The molecule has 1 amide bonds. The number of methoxy groups -OCH3 is 1. The van der Waals surface area contributed by atoms with Gasteiger partial charge in [0.15, 0.2) is 0 Å². The molecule has 0 unspecified atom stereocenters. The molecule has 1 aromatic carbocycles. The van der Waals surface area contributed by atoms with Gasteiger partial charge < -0.3 is 24.8 Å². The Morgan fingerprint density at radius 2 is 1.89 bits per heavy atom. The SMILES string of the molecule is COc1cc(-c2cnc3cc(O[C@@H]4C[C@H]5CC[C@@H](C4)N5)ccn23)cc(OC(F)F)c1C(=O)NC1CC1. The highest BCUT2D eigenvalue weighted by Crippen LogP contribution is 2.37. The second-order valence-corrected chi connectivity index (χ2v) is 9.76. The van der Waals surface area contributed by atoms with E-state index in [1.54, 1.807) is 12.3 Å². The Morgan fingerprint density at radius 1 is 1.14 bits per heavy atom. The Morgan fingerprint density at radius 3 is 2.58 bits per heavy atom. The number of hydrogen-bond acceptors (Lipinski definition) is 6. The number of carbonyl (C=O) groups excluding carboxylic acids is 1. The number of ether oxygens (including phenoxy) is 3. The van der Waals surface area contributed by atoms with Crippen LogP contribution in [0.3, 0.4) is 0 Å². The molecular formula is C26H28F2N4O4. The van der Waals surface area contributed by atoms with Crippen LogP contribution in [-0.2, 0) is 0 Å². The van der Waals surface area contributed by atoms with Crippen molar-refractivity contribution in [2.24, 2.45) is 0 Å². The number of piperidine rings is 1. The molecule has 2 saturated heterocycles. The van der Waals surface area contributed by atoms with Crippen LogP contribution in [-0.4, -0.2) is 53.2 Å². The molecule has 6 rings (SSSR count). The first-order valence-corrected chi connectivity index (χ1v) is 12.3. The van der Waals surface area contributed by atoms with Gasteiger partial charge in [0.25, 0.3) is 5.91 Å². The lowest BCUT2D eigenvalue weighted by Crippen LogP contribution is -2.42. The van der Waals surface area contributed by atoms with Gasteiger partial charge in [0.1, 0.15) is 34.6 Å². The van der Waals surface area contributed by atoms with E-state index < -0.39 is 12.5 Å². The van der Waals surface area contributed by atoms with Crippen molar-refractivity contribution >= 4 is 11.6 Å². The van der Waals surface area contributed by atoms with Crippen molar-refractivity contribution in [1.82, 2.24) is 20.0 Å². The molecule has 2 aromatic heterocycles. The number of fused-ring (bicyclic) bond motifs is 3. The quantitative estimate of drug-likeness (QED) is 0.485. The highest BCUT2D eigenvalue weighted by Gasteiger charge is 2.34. The molecule has 36 heavy (non-hydrogen) atoms. The first-order valence-electron chi connectivity index (χ1n) is 12.3. The number of nitrogens with zero attached hydrogens (tertiary/aromatic N) is 2. The van der Waals surface area contributed by atoms with Gasteiger partial charge in [-0.1, -0.05) is 0 Å². The van der Waals surface area contributed by atoms with Gasteiger partial charge in [-0.3, -0.25) is 9.20 Å². The fourth-order valence-electron chi connectivity index (χ4n) is 5.34. The summed E-state index contributed by atoms with van der Waals surface area (Å²) in [7, 11) is 1.39. The molecule has 10 heteroatoms. The molecule has 2 N–H and O–H groups in total. The highest BCUT2D eigenvalue weighted by molar-refractivity contribution is 6.01. The summed E-state index contributed by atoms with van der Waals surface area (Å²) in [5.74, 6) is 0.157. The van der Waals surface area contributed by atoms with E-state index in [4.69, 9.17) is 14.2 Å². The molecule has 3 aliphatic rings. The third-order valence-electron chi connectivity index (χ3n) is 7.15. The van der Waals surface area contributed by atoms with Crippen LogP contribution in [0.1, 0.15) is 48.9 Å². The average Bonchev–Trinajstić information content (AvgIpc) is 3.46. The van der Waals surface area contributed by atoms with E-state index in [-0.39, 0.29) is 29.2 Å². The van der Waals surface area contributed by atoms with Crippen molar-refractivity contribution in [3.8, 4) is 28.5 Å². The number of hydrogen-bond donors (Lipinski definition) is 2. The summed E-state index contributed by atoms with van der Waals surface area (Å²) in [5.41, 5.74) is 1.78. The fraction of sp³-hybridized carbons (Fsp3) is 0.462. The maximum atomic E-state index is 13.3. The first-order chi connectivity index (χ1) is 17.5. The molecule has 2 aliphatic heterocycles. The summed E-state index contributed by atoms with van der Waals surface area (Å²) >= 11 is 0. The minimum Gasteiger partial charge on any atom is -0.496 e. The molecule has 3 atom stereocenters. The zero-order valence-corrected chi connectivity index (χ0v) is 19.9. The van der Waals surface area contributed by atoms with E-state index in [0.29, 0.717) is 29.0 Å². The summed E-state index contributed by atoms with van der Waals surface area (Å²) in [6.07, 6.45) is 9.79. The second-order valence-electron chi connectivity index (χ2n) is 9.76. The van der Waals surface area contributed by atoms with Crippen LogP contribution in [0, 0.1) is 0 Å². The van der Waals surface area contributed by atoms with Crippen LogP contribution in [0.5, 0.6) is 17.2 Å². The lowest BCUT2D eigenvalue weighted by molar-refractivity contribution is -0.0502. The smallest absolute Gasteiger partial charge is 0.387 e. The number of pyridine rings is 1. The summed E-state index contributed by atoms with van der Waals surface area (Å²) < 4.78 is 44.8. The van der Waals surface area contributed by atoms with Crippen LogP contribution < -0.4 is 24.8 Å². The predicted molar refractivity (Wildman–Crippen MR) is 128 cm³/mol. The molecule has 8 nitrogen and oxygen atoms in total.